The summed E-state index contributed by atoms with van der Waals surface area (Å²) < 4.78 is 0. The van der Waals surface area contributed by atoms with Crippen LogP contribution in [0.4, 0.5) is 11.4 Å². The Morgan fingerprint density at radius 3 is 2.43 bits per heavy atom. The molecule has 0 radical (unpaired) electrons. The van der Waals surface area contributed by atoms with Crippen molar-refractivity contribution in [1.82, 2.24) is 10.3 Å². The summed E-state index contributed by atoms with van der Waals surface area (Å²) in [6.07, 6.45) is 2.45. The molecule has 7 heteroatoms. The smallest absolute Gasteiger partial charge is 0.250 e. The number of aromatic amines is 1. The Morgan fingerprint density at radius 2 is 1.57 bits per heavy atom. The molecule has 0 saturated carbocycles. The van der Waals surface area contributed by atoms with Crippen LogP contribution in [0.1, 0.15) is 11.1 Å². The van der Waals surface area contributed by atoms with Crippen LogP contribution in [-0.2, 0) is 26.3 Å². The van der Waals surface area contributed by atoms with Crippen molar-refractivity contribution in [1.29, 1.82) is 0 Å². The predicted octanol–water partition coefficient (Wildman–Crippen LogP) is 3.34. The van der Waals surface area contributed by atoms with Crippen LogP contribution >= 0.6 is 0 Å². The number of anilines is 2. The minimum atomic E-state index is -1.30. The number of amides is 3. The van der Waals surface area contributed by atoms with Gasteiger partial charge in [0, 0.05) is 34.4 Å². The Labute approximate surface area is 201 Å². The number of carbonyl (C=O) groups is 3. The molecule has 3 aliphatic rings. The van der Waals surface area contributed by atoms with E-state index in [-0.39, 0.29) is 17.7 Å². The molecule has 1 aromatic heterocycles. The molecule has 4 atom stereocenters. The fraction of sp³-hybridized carbons (Fsp3) is 0.179. The molecule has 35 heavy (non-hydrogen) atoms. The number of benzene rings is 3. The third-order valence-corrected chi connectivity index (χ3v) is 7.75. The van der Waals surface area contributed by atoms with Gasteiger partial charge >= 0.3 is 0 Å². The van der Waals surface area contributed by atoms with Crippen molar-refractivity contribution in [3.8, 4) is 0 Å². The molecule has 4 aromatic rings. The van der Waals surface area contributed by atoms with Gasteiger partial charge in [-0.05, 0) is 36.2 Å². The summed E-state index contributed by atoms with van der Waals surface area (Å²) in [7, 11) is 0. The van der Waals surface area contributed by atoms with Crippen LogP contribution in [-0.4, -0.2) is 28.7 Å². The summed E-state index contributed by atoms with van der Waals surface area (Å²) in [5.74, 6) is -2.40. The second-order valence-corrected chi connectivity index (χ2v) is 9.47. The third kappa shape index (κ3) is 2.61. The Kier molecular flexibility index (Phi) is 4.11. The summed E-state index contributed by atoms with van der Waals surface area (Å²) in [6.45, 7) is 0. The van der Waals surface area contributed by atoms with Gasteiger partial charge in [0.1, 0.15) is 5.54 Å². The molecule has 0 aliphatic carbocycles. The number of carbonyl (C=O) groups excluding carboxylic acids is 3. The summed E-state index contributed by atoms with van der Waals surface area (Å²) >= 11 is 0. The van der Waals surface area contributed by atoms with E-state index in [1.807, 2.05) is 60.8 Å². The van der Waals surface area contributed by atoms with Gasteiger partial charge in [0.15, 0.2) is 0 Å². The van der Waals surface area contributed by atoms with Crippen LogP contribution in [0.15, 0.2) is 85.1 Å². The first-order valence-electron chi connectivity index (χ1n) is 11.8. The number of hydrogen-bond donors (Lipinski definition) is 3. The molecular weight excluding hydrogens is 440 g/mol. The van der Waals surface area contributed by atoms with Gasteiger partial charge in [-0.25, -0.2) is 4.90 Å². The Morgan fingerprint density at radius 1 is 0.829 bits per heavy atom. The maximum atomic E-state index is 14.0. The highest BCUT2D eigenvalue weighted by Crippen LogP contribution is 2.53. The lowest BCUT2D eigenvalue weighted by atomic mass is 9.76. The van der Waals surface area contributed by atoms with Gasteiger partial charge in [0.2, 0.25) is 17.7 Å². The minimum Gasteiger partial charge on any atom is -0.361 e. The first kappa shape index (κ1) is 20.2. The Hall–Kier alpha value is -4.23. The topological polar surface area (TPSA) is 94.3 Å². The van der Waals surface area contributed by atoms with Gasteiger partial charge in [-0.3, -0.25) is 19.7 Å². The zero-order chi connectivity index (χ0) is 23.7. The van der Waals surface area contributed by atoms with E-state index in [9.17, 15) is 14.4 Å². The lowest BCUT2D eigenvalue weighted by Gasteiger charge is -2.29. The highest BCUT2D eigenvalue weighted by atomic mass is 16.2. The number of fused-ring (bicyclic) bond motifs is 5. The van der Waals surface area contributed by atoms with E-state index in [1.165, 1.54) is 4.90 Å². The van der Waals surface area contributed by atoms with Crippen molar-refractivity contribution in [2.24, 2.45) is 11.8 Å². The van der Waals surface area contributed by atoms with E-state index in [4.69, 9.17) is 0 Å². The van der Waals surface area contributed by atoms with Crippen molar-refractivity contribution in [2.75, 3.05) is 10.2 Å². The highest BCUT2D eigenvalue weighted by Gasteiger charge is 2.70. The average molecular weight is 463 g/mol. The molecule has 2 fully saturated rings. The fourth-order valence-electron chi connectivity index (χ4n) is 6.30. The molecule has 172 valence electrons. The van der Waals surface area contributed by atoms with Gasteiger partial charge in [-0.1, -0.05) is 54.6 Å². The van der Waals surface area contributed by atoms with Crippen LogP contribution in [0.25, 0.3) is 10.9 Å². The average Bonchev–Trinajstić information content (AvgIpc) is 3.59. The van der Waals surface area contributed by atoms with Gasteiger partial charge < -0.3 is 10.3 Å². The molecule has 7 rings (SSSR count). The molecule has 2 saturated heterocycles. The van der Waals surface area contributed by atoms with E-state index in [1.54, 1.807) is 24.3 Å². The maximum absolute atomic E-state index is 14.0. The molecule has 0 unspecified atom stereocenters. The standard InChI is InChI=1S/C28H22N4O3/c33-25-23-22(14-16-15-29-20-12-6-4-10-18(16)20)31-28(19-11-5-7-13-21(19)30-27(28)35)24(23)26(34)32(25)17-8-2-1-3-9-17/h1-13,15,22-24,29,31H,14H2,(H,30,35)/t22-,23+,24+,28-/m0/s1. The highest BCUT2D eigenvalue weighted by molar-refractivity contribution is 6.25. The normalized spacial score (nSPS) is 27.0. The Bertz CT molecular complexity index is 1530. The number of rotatable bonds is 3. The van der Waals surface area contributed by atoms with E-state index < -0.39 is 23.4 Å². The van der Waals surface area contributed by atoms with E-state index in [0.717, 1.165) is 22.0 Å². The molecule has 0 bridgehead atoms. The lowest BCUT2D eigenvalue weighted by Crippen LogP contribution is -2.53. The zero-order valence-corrected chi connectivity index (χ0v) is 18.7. The molecule has 3 amide bonds. The number of aromatic nitrogens is 1. The minimum absolute atomic E-state index is 0.266. The number of hydrogen-bond acceptors (Lipinski definition) is 4. The van der Waals surface area contributed by atoms with Crippen LogP contribution in [0.2, 0.25) is 0 Å². The van der Waals surface area contributed by atoms with Gasteiger partial charge in [-0.2, -0.15) is 0 Å². The van der Waals surface area contributed by atoms with E-state index >= 15 is 0 Å². The molecular formula is C28H22N4O3. The van der Waals surface area contributed by atoms with Crippen LogP contribution in [0.5, 0.6) is 0 Å². The van der Waals surface area contributed by atoms with Crippen LogP contribution in [0.3, 0.4) is 0 Å². The number of nitrogens with one attached hydrogen (secondary N) is 3. The predicted molar refractivity (Wildman–Crippen MR) is 132 cm³/mol. The summed E-state index contributed by atoms with van der Waals surface area (Å²) in [5, 5.41) is 7.54. The first-order valence-corrected chi connectivity index (χ1v) is 11.8. The lowest BCUT2D eigenvalue weighted by molar-refractivity contribution is -0.130. The monoisotopic (exact) mass is 462 g/mol. The van der Waals surface area contributed by atoms with Crippen molar-refractivity contribution in [3.05, 3.63) is 96.2 Å². The maximum Gasteiger partial charge on any atom is 0.250 e. The fourth-order valence-corrected chi connectivity index (χ4v) is 6.30. The molecule has 1 spiro atoms. The van der Waals surface area contributed by atoms with Crippen LogP contribution < -0.4 is 15.5 Å². The number of para-hydroxylation sites is 3. The largest absolute Gasteiger partial charge is 0.361 e. The van der Waals surface area contributed by atoms with Crippen molar-refractivity contribution < 1.29 is 14.4 Å². The van der Waals surface area contributed by atoms with Crippen LogP contribution in [0, 0.1) is 11.8 Å². The second-order valence-electron chi connectivity index (χ2n) is 9.47. The van der Waals surface area contributed by atoms with Gasteiger partial charge in [0.05, 0.1) is 17.5 Å². The summed E-state index contributed by atoms with van der Waals surface area (Å²) in [6, 6.07) is 24.0. The van der Waals surface area contributed by atoms with Crippen molar-refractivity contribution >= 4 is 40.0 Å². The molecule has 4 heterocycles. The van der Waals surface area contributed by atoms with Gasteiger partial charge in [0.25, 0.3) is 0 Å². The van der Waals surface area contributed by atoms with E-state index in [0.29, 0.717) is 17.8 Å². The zero-order valence-electron chi connectivity index (χ0n) is 18.7. The second kappa shape index (κ2) is 7.13. The third-order valence-electron chi connectivity index (χ3n) is 7.75. The molecule has 3 aliphatic heterocycles. The quantitative estimate of drug-likeness (QED) is 0.407. The molecule has 7 nitrogen and oxygen atoms in total. The molecule has 3 N–H and O–H groups in total. The Balaban J connectivity index is 1.38. The van der Waals surface area contributed by atoms with Crippen molar-refractivity contribution in [2.45, 2.75) is 18.0 Å². The molecule has 3 aromatic carbocycles. The first-order chi connectivity index (χ1) is 17.1. The van der Waals surface area contributed by atoms with Crippen molar-refractivity contribution in [3.63, 3.8) is 0 Å². The summed E-state index contributed by atoms with van der Waals surface area (Å²) in [4.78, 5) is 46.0. The SMILES string of the molecule is O=C1[C@@H]2[C@H](Cc3c[nH]c4ccccc34)N[C@]3(C(=O)Nc4ccccc43)[C@H]2C(=O)N1c1ccccc1. The van der Waals surface area contributed by atoms with E-state index in [2.05, 4.69) is 15.6 Å². The number of nitrogens with zero attached hydrogens (tertiary/aromatic N) is 1. The number of H-pyrrole nitrogens is 1. The van der Waals surface area contributed by atoms with Gasteiger partial charge in [-0.15, -0.1) is 0 Å². The summed E-state index contributed by atoms with van der Waals surface area (Å²) in [5.41, 5.74) is 2.68. The number of imide groups is 1.